The van der Waals surface area contributed by atoms with Gasteiger partial charge in [0.05, 0.1) is 17.5 Å². The van der Waals surface area contributed by atoms with Crippen molar-refractivity contribution in [3.63, 3.8) is 0 Å². The Balaban J connectivity index is 2.07. The van der Waals surface area contributed by atoms with Crippen LogP contribution >= 0.6 is 0 Å². The summed E-state index contributed by atoms with van der Waals surface area (Å²) in [6, 6.07) is 2.80. The molecule has 0 unspecified atom stereocenters. The summed E-state index contributed by atoms with van der Waals surface area (Å²) in [5.41, 5.74) is 4.75. The highest BCUT2D eigenvalue weighted by Gasteiger charge is 2.40. The highest BCUT2D eigenvalue weighted by molar-refractivity contribution is 5.95. The maximum atomic E-state index is 12.0. The largest absolute Gasteiger partial charge is 0.481 e. The molecule has 2 amide bonds. The van der Waals surface area contributed by atoms with Gasteiger partial charge in [0, 0.05) is 6.20 Å². The first-order valence-electron chi connectivity index (χ1n) is 6.22. The minimum atomic E-state index is -0.943. The minimum absolute atomic E-state index is 0.0991. The number of nitrogens with zero attached hydrogens (tertiary/aromatic N) is 1. The summed E-state index contributed by atoms with van der Waals surface area (Å²) in [5, 5.41) is 11.6. The van der Waals surface area contributed by atoms with Gasteiger partial charge in [-0.15, -0.1) is 0 Å². The van der Waals surface area contributed by atoms with E-state index in [1.807, 2.05) is 0 Å². The zero-order chi connectivity index (χ0) is 14.8. The monoisotopic (exact) mass is 277 g/mol. The molecule has 0 atom stereocenters. The molecule has 1 heterocycles. The molecule has 7 nitrogen and oxygen atoms in total. The third-order valence-corrected chi connectivity index (χ3v) is 3.46. The smallest absolute Gasteiger partial charge is 0.305 e. The molecule has 20 heavy (non-hydrogen) atoms. The SMILES string of the molecule is NC(=O)c1ccc(C(=O)NC2(CC(=O)O)CCC2)nc1. The Morgan fingerprint density at radius 2 is 2.05 bits per heavy atom. The molecule has 2 rings (SSSR count). The molecule has 106 valence electrons. The van der Waals surface area contributed by atoms with Crippen molar-refractivity contribution < 1.29 is 19.5 Å². The van der Waals surface area contributed by atoms with Crippen molar-refractivity contribution >= 4 is 17.8 Å². The van der Waals surface area contributed by atoms with Crippen LogP contribution in [0.2, 0.25) is 0 Å². The zero-order valence-corrected chi connectivity index (χ0v) is 10.8. The lowest BCUT2D eigenvalue weighted by Crippen LogP contribution is -2.54. The van der Waals surface area contributed by atoms with Crippen LogP contribution in [0, 0.1) is 0 Å². The average Bonchev–Trinajstić information content (AvgIpc) is 2.35. The summed E-state index contributed by atoms with van der Waals surface area (Å²) >= 11 is 0. The van der Waals surface area contributed by atoms with Crippen molar-refractivity contribution in [1.29, 1.82) is 0 Å². The van der Waals surface area contributed by atoms with Gasteiger partial charge in [0.15, 0.2) is 0 Å². The predicted octanol–water partition coefficient (Wildman–Crippen LogP) is 0.308. The van der Waals surface area contributed by atoms with Crippen LogP contribution in [0.3, 0.4) is 0 Å². The standard InChI is InChI=1S/C13H15N3O4/c14-11(19)8-2-3-9(15-7-8)12(20)16-13(4-1-5-13)6-10(17)18/h2-3,7H,1,4-6H2,(H2,14,19)(H,16,20)(H,17,18). The van der Waals surface area contributed by atoms with Gasteiger partial charge in [-0.05, 0) is 31.4 Å². The van der Waals surface area contributed by atoms with Crippen LogP contribution < -0.4 is 11.1 Å². The number of nitrogens with two attached hydrogens (primary N) is 1. The lowest BCUT2D eigenvalue weighted by Gasteiger charge is -2.41. The number of carboxylic acids is 1. The topological polar surface area (TPSA) is 122 Å². The van der Waals surface area contributed by atoms with E-state index < -0.39 is 23.3 Å². The van der Waals surface area contributed by atoms with Gasteiger partial charge in [-0.1, -0.05) is 0 Å². The third-order valence-electron chi connectivity index (χ3n) is 3.46. The van der Waals surface area contributed by atoms with E-state index in [0.29, 0.717) is 12.8 Å². The molecule has 0 spiro atoms. The summed E-state index contributed by atoms with van der Waals surface area (Å²) in [6.07, 6.45) is 3.30. The van der Waals surface area contributed by atoms with Crippen LogP contribution in [-0.2, 0) is 4.79 Å². The van der Waals surface area contributed by atoms with Crippen LogP contribution in [0.5, 0.6) is 0 Å². The van der Waals surface area contributed by atoms with Crippen molar-refractivity contribution in [3.05, 3.63) is 29.6 Å². The van der Waals surface area contributed by atoms with Crippen molar-refractivity contribution in [1.82, 2.24) is 10.3 Å². The van der Waals surface area contributed by atoms with E-state index in [0.717, 1.165) is 6.42 Å². The van der Waals surface area contributed by atoms with E-state index in [1.54, 1.807) is 0 Å². The van der Waals surface area contributed by atoms with Gasteiger partial charge in [-0.25, -0.2) is 0 Å². The van der Waals surface area contributed by atoms with Gasteiger partial charge in [0.2, 0.25) is 5.91 Å². The van der Waals surface area contributed by atoms with Crippen LogP contribution in [0.1, 0.15) is 46.5 Å². The molecule has 0 aromatic carbocycles. The molecule has 0 radical (unpaired) electrons. The Morgan fingerprint density at radius 3 is 2.45 bits per heavy atom. The number of hydrogen-bond donors (Lipinski definition) is 3. The van der Waals surface area contributed by atoms with Crippen molar-refractivity contribution in [2.24, 2.45) is 5.73 Å². The van der Waals surface area contributed by atoms with Gasteiger partial charge < -0.3 is 16.2 Å². The second-order valence-corrected chi connectivity index (χ2v) is 4.95. The quantitative estimate of drug-likeness (QED) is 0.714. The number of carboxylic acid groups (broad SMARTS) is 1. The molecule has 1 aromatic heterocycles. The molecule has 4 N–H and O–H groups in total. The van der Waals surface area contributed by atoms with Crippen LogP contribution in [0.4, 0.5) is 0 Å². The zero-order valence-electron chi connectivity index (χ0n) is 10.8. The number of nitrogens with one attached hydrogen (secondary N) is 1. The van der Waals surface area contributed by atoms with E-state index in [2.05, 4.69) is 10.3 Å². The number of primary amides is 1. The van der Waals surface area contributed by atoms with E-state index in [4.69, 9.17) is 10.8 Å². The first-order chi connectivity index (χ1) is 9.42. The van der Waals surface area contributed by atoms with Gasteiger partial charge in [-0.3, -0.25) is 19.4 Å². The summed E-state index contributed by atoms with van der Waals surface area (Å²) in [5.74, 6) is -2.00. The number of pyridine rings is 1. The molecule has 0 saturated heterocycles. The van der Waals surface area contributed by atoms with Crippen molar-refractivity contribution in [2.45, 2.75) is 31.2 Å². The van der Waals surface area contributed by atoms with Crippen LogP contribution in [0.15, 0.2) is 18.3 Å². The number of aromatic nitrogens is 1. The lowest BCUT2D eigenvalue weighted by atomic mass is 9.74. The molecule has 1 aliphatic rings. The van der Waals surface area contributed by atoms with E-state index in [9.17, 15) is 14.4 Å². The molecule has 7 heteroatoms. The minimum Gasteiger partial charge on any atom is -0.481 e. The summed E-state index contributed by atoms with van der Waals surface area (Å²) in [6.45, 7) is 0. The van der Waals surface area contributed by atoms with E-state index in [1.165, 1.54) is 18.3 Å². The molecular formula is C13H15N3O4. The predicted molar refractivity (Wildman–Crippen MR) is 69.1 cm³/mol. The molecule has 1 fully saturated rings. The fourth-order valence-electron chi connectivity index (χ4n) is 2.22. The van der Waals surface area contributed by atoms with Gasteiger partial charge in [0.25, 0.3) is 5.91 Å². The van der Waals surface area contributed by atoms with E-state index in [-0.39, 0.29) is 17.7 Å². The van der Waals surface area contributed by atoms with Gasteiger partial charge >= 0.3 is 5.97 Å². The number of hydrogen-bond acceptors (Lipinski definition) is 4. The van der Waals surface area contributed by atoms with Crippen molar-refractivity contribution in [2.75, 3.05) is 0 Å². The normalized spacial score (nSPS) is 16.0. The highest BCUT2D eigenvalue weighted by Crippen LogP contribution is 2.35. The van der Waals surface area contributed by atoms with Crippen molar-refractivity contribution in [3.8, 4) is 0 Å². The van der Waals surface area contributed by atoms with Crippen LogP contribution in [-0.4, -0.2) is 33.4 Å². The summed E-state index contributed by atoms with van der Waals surface area (Å²) in [4.78, 5) is 37.6. The molecule has 1 saturated carbocycles. The Morgan fingerprint density at radius 1 is 1.35 bits per heavy atom. The lowest BCUT2D eigenvalue weighted by molar-refractivity contribution is -0.139. The van der Waals surface area contributed by atoms with Crippen LogP contribution in [0.25, 0.3) is 0 Å². The Kier molecular flexibility index (Phi) is 3.69. The molecule has 1 aromatic rings. The summed E-state index contributed by atoms with van der Waals surface area (Å²) < 4.78 is 0. The number of carbonyl (C=O) groups excluding carboxylic acids is 2. The summed E-state index contributed by atoms with van der Waals surface area (Å²) in [7, 11) is 0. The Labute approximate surface area is 115 Å². The van der Waals surface area contributed by atoms with Gasteiger partial charge in [-0.2, -0.15) is 0 Å². The molecule has 0 aliphatic heterocycles. The maximum absolute atomic E-state index is 12.0. The number of carbonyl (C=O) groups is 3. The number of amides is 2. The Hall–Kier alpha value is -2.44. The first-order valence-corrected chi connectivity index (χ1v) is 6.22. The fraction of sp³-hybridized carbons (Fsp3) is 0.385. The Bertz CT molecular complexity index is 549. The second kappa shape index (κ2) is 5.28. The maximum Gasteiger partial charge on any atom is 0.305 e. The molecule has 0 bridgehead atoms. The van der Waals surface area contributed by atoms with E-state index >= 15 is 0 Å². The molecule has 1 aliphatic carbocycles. The average molecular weight is 277 g/mol. The third kappa shape index (κ3) is 2.93. The fourth-order valence-corrected chi connectivity index (χ4v) is 2.22. The molecular weight excluding hydrogens is 262 g/mol. The highest BCUT2D eigenvalue weighted by atomic mass is 16.4. The van der Waals surface area contributed by atoms with Gasteiger partial charge in [0.1, 0.15) is 5.69 Å². The first kappa shape index (κ1) is 14.0. The number of aliphatic carboxylic acids is 1. The second-order valence-electron chi connectivity index (χ2n) is 4.95. The number of rotatable bonds is 5.